The van der Waals surface area contributed by atoms with Crippen LogP contribution in [0.2, 0.25) is 0 Å². The SMILES string of the molecule is C=C1C=C2CCC3C(=C2CC1)C(c1ccc(C)cc1)CC1(C)C(C(=C)C)CCC31.C=CCCCCCC.CC.CC. The van der Waals surface area contributed by atoms with Gasteiger partial charge in [0.2, 0.25) is 0 Å². The lowest BCUT2D eigenvalue weighted by atomic mass is 9.51. The van der Waals surface area contributed by atoms with Crippen molar-refractivity contribution in [2.45, 2.75) is 138 Å². The fourth-order valence-corrected chi connectivity index (χ4v) is 8.37. The van der Waals surface area contributed by atoms with E-state index in [2.05, 4.69) is 77.8 Å². The summed E-state index contributed by atoms with van der Waals surface area (Å²) in [5.74, 6) is 2.87. The van der Waals surface area contributed by atoms with Crippen molar-refractivity contribution < 1.29 is 0 Å². The van der Waals surface area contributed by atoms with Gasteiger partial charge in [-0.25, -0.2) is 0 Å². The molecule has 5 unspecified atom stereocenters. The van der Waals surface area contributed by atoms with Gasteiger partial charge in [-0.05, 0) is 112 Å². The Morgan fingerprint density at radius 3 is 2.24 bits per heavy atom. The maximum Gasteiger partial charge on any atom is 0.00624 e. The summed E-state index contributed by atoms with van der Waals surface area (Å²) in [6.07, 6.45) is 20.0. The average Bonchev–Trinajstić information content (AvgIpc) is 3.35. The third-order valence-electron chi connectivity index (χ3n) is 10.2. The molecule has 0 amide bonds. The van der Waals surface area contributed by atoms with E-state index in [4.69, 9.17) is 0 Å². The summed E-state index contributed by atoms with van der Waals surface area (Å²) in [6.45, 7) is 29.7. The molecule has 0 aromatic heterocycles. The first-order valence-electron chi connectivity index (χ1n) is 17.2. The first kappa shape index (κ1) is 35.1. The van der Waals surface area contributed by atoms with Crippen molar-refractivity contribution in [3.63, 3.8) is 0 Å². The molecule has 0 bridgehead atoms. The number of allylic oxidation sites excluding steroid dienone is 7. The fourth-order valence-electron chi connectivity index (χ4n) is 8.37. The second-order valence-electron chi connectivity index (χ2n) is 12.8. The Morgan fingerprint density at radius 2 is 1.63 bits per heavy atom. The van der Waals surface area contributed by atoms with Crippen LogP contribution in [0.4, 0.5) is 0 Å². The first-order valence-corrected chi connectivity index (χ1v) is 17.2. The molecule has 1 aromatic rings. The third kappa shape index (κ3) is 8.27. The second kappa shape index (κ2) is 17.1. The van der Waals surface area contributed by atoms with Gasteiger partial charge in [0, 0.05) is 5.92 Å². The van der Waals surface area contributed by atoms with Crippen molar-refractivity contribution in [3.05, 3.63) is 95.1 Å². The summed E-state index contributed by atoms with van der Waals surface area (Å²) in [4.78, 5) is 0. The highest BCUT2D eigenvalue weighted by Crippen LogP contribution is 2.66. The topological polar surface area (TPSA) is 0 Å². The van der Waals surface area contributed by atoms with Crippen LogP contribution in [-0.2, 0) is 0 Å². The molecule has 0 radical (unpaired) electrons. The Kier molecular flexibility index (Phi) is 14.7. The predicted molar refractivity (Wildman–Crippen MR) is 186 cm³/mol. The summed E-state index contributed by atoms with van der Waals surface area (Å²) < 4.78 is 0. The van der Waals surface area contributed by atoms with Crippen molar-refractivity contribution in [1.82, 2.24) is 0 Å². The van der Waals surface area contributed by atoms with Crippen molar-refractivity contribution in [2.75, 3.05) is 0 Å². The maximum atomic E-state index is 4.43. The molecule has 4 aliphatic rings. The van der Waals surface area contributed by atoms with Crippen LogP contribution in [0, 0.1) is 30.1 Å². The van der Waals surface area contributed by atoms with Crippen molar-refractivity contribution in [1.29, 1.82) is 0 Å². The van der Waals surface area contributed by atoms with Gasteiger partial charge < -0.3 is 0 Å². The number of fused-ring (bicyclic) bond motifs is 4. The Bertz CT molecular complexity index is 1040. The molecule has 0 N–H and O–H groups in total. The van der Waals surface area contributed by atoms with Gasteiger partial charge in [-0.1, -0.05) is 133 Å². The maximum absolute atomic E-state index is 4.43. The van der Waals surface area contributed by atoms with Gasteiger partial charge in [0.15, 0.2) is 0 Å². The second-order valence-corrected chi connectivity index (χ2v) is 12.8. The quantitative estimate of drug-likeness (QED) is 0.231. The highest BCUT2D eigenvalue weighted by molar-refractivity contribution is 5.51. The normalized spacial score (nSPS) is 27.7. The number of benzene rings is 1. The molecule has 228 valence electrons. The molecular weight excluding hydrogens is 492 g/mol. The molecule has 0 nitrogen and oxygen atoms in total. The van der Waals surface area contributed by atoms with Gasteiger partial charge in [-0.15, -0.1) is 6.58 Å². The molecule has 0 aliphatic heterocycles. The zero-order valence-corrected chi connectivity index (χ0v) is 28.4. The summed E-state index contributed by atoms with van der Waals surface area (Å²) in [5, 5.41) is 0. The minimum Gasteiger partial charge on any atom is -0.103 e. The molecule has 5 atom stereocenters. The van der Waals surface area contributed by atoms with E-state index in [-0.39, 0.29) is 0 Å². The van der Waals surface area contributed by atoms with Crippen LogP contribution in [0.25, 0.3) is 0 Å². The molecule has 0 saturated heterocycles. The zero-order valence-electron chi connectivity index (χ0n) is 28.4. The summed E-state index contributed by atoms with van der Waals surface area (Å²) in [6, 6.07) is 9.46. The van der Waals surface area contributed by atoms with Gasteiger partial charge in [0.25, 0.3) is 0 Å². The van der Waals surface area contributed by atoms with Crippen LogP contribution in [0.5, 0.6) is 0 Å². The van der Waals surface area contributed by atoms with Crippen LogP contribution in [0.1, 0.15) is 143 Å². The molecule has 0 heterocycles. The highest BCUT2D eigenvalue weighted by atomic mass is 14.6. The standard InChI is InChI=1S/C29H36.C8H16.2C2H6/c1-18(2)26-14-15-27-24-13-11-22-16-20(4)8-12-23(22)28(24)25(17-29(26,27)5)21-9-6-19(3)7-10-21;1-3-5-7-8-6-4-2;2*1-2/h6-7,9-10,16,24-27H,1,4,8,11-15,17H2,2-3,5H3;3H,1,4-8H2,2H3;2*1-2H3. The molecular formula is C41H64. The van der Waals surface area contributed by atoms with E-state index in [0.29, 0.717) is 17.3 Å². The van der Waals surface area contributed by atoms with E-state index < -0.39 is 0 Å². The van der Waals surface area contributed by atoms with Crippen LogP contribution < -0.4 is 0 Å². The lowest BCUT2D eigenvalue weighted by Gasteiger charge is -2.53. The smallest absolute Gasteiger partial charge is 0.00624 e. The van der Waals surface area contributed by atoms with Gasteiger partial charge in [-0.3, -0.25) is 0 Å². The number of aryl methyl sites for hydroxylation is 1. The number of unbranched alkanes of at least 4 members (excludes halogenated alkanes) is 4. The number of rotatable bonds is 7. The lowest BCUT2D eigenvalue weighted by molar-refractivity contribution is 0.0776. The van der Waals surface area contributed by atoms with Gasteiger partial charge in [-0.2, -0.15) is 0 Å². The Hall–Kier alpha value is -2.08. The van der Waals surface area contributed by atoms with Crippen LogP contribution in [0.15, 0.2) is 84.0 Å². The summed E-state index contributed by atoms with van der Waals surface area (Å²) in [5.41, 5.74) is 11.2. The van der Waals surface area contributed by atoms with Crippen LogP contribution in [-0.4, -0.2) is 0 Å². The molecule has 0 spiro atoms. The minimum absolute atomic E-state index is 0.398. The molecule has 0 heteroatoms. The van der Waals surface area contributed by atoms with Crippen LogP contribution >= 0.6 is 0 Å². The first-order chi connectivity index (χ1) is 19.8. The van der Waals surface area contributed by atoms with E-state index in [1.807, 2.05) is 39.3 Å². The van der Waals surface area contributed by atoms with Gasteiger partial charge >= 0.3 is 0 Å². The van der Waals surface area contributed by atoms with Crippen molar-refractivity contribution in [3.8, 4) is 0 Å². The fraction of sp³-hybridized carbons (Fsp3) is 0.610. The number of hydrogen-bond donors (Lipinski definition) is 0. The van der Waals surface area contributed by atoms with Crippen LogP contribution in [0.3, 0.4) is 0 Å². The molecule has 2 fully saturated rings. The van der Waals surface area contributed by atoms with Crippen molar-refractivity contribution >= 4 is 0 Å². The van der Waals surface area contributed by atoms with E-state index in [9.17, 15) is 0 Å². The number of hydrogen-bond acceptors (Lipinski definition) is 0. The monoisotopic (exact) mass is 557 g/mol. The minimum atomic E-state index is 0.398. The van der Waals surface area contributed by atoms with E-state index in [1.54, 1.807) is 16.7 Å². The van der Waals surface area contributed by atoms with Crippen molar-refractivity contribution in [2.24, 2.45) is 23.2 Å². The summed E-state index contributed by atoms with van der Waals surface area (Å²) in [7, 11) is 0. The van der Waals surface area contributed by atoms with E-state index in [1.165, 1.54) is 87.3 Å². The lowest BCUT2D eigenvalue weighted by Crippen LogP contribution is -2.43. The van der Waals surface area contributed by atoms with Gasteiger partial charge in [0.05, 0.1) is 0 Å². The molecule has 2 saturated carbocycles. The molecule has 1 aromatic carbocycles. The molecule has 4 aliphatic carbocycles. The molecule has 41 heavy (non-hydrogen) atoms. The largest absolute Gasteiger partial charge is 0.103 e. The summed E-state index contributed by atoms with van der Waals surface area (Å²) >= 11 is 0. The Morgan fingerprint density at radius 1 is 0.951 bits per heavy atom. The Labute approximate surface area is 256 Å². The molecule has 5 rings (SSSR count). The Balaban J connectivity index is 0.000000422. The average molecular weight is 557 g/mol. The van der Waals surface area contributed by atoms with Gasteiger partial charge in [0.1, 0.15) is 0 Å². The van der Waals surface area contributed by atoms with E-state index >= 15 is 0 Å². The zero-order chi connectivity index (χ0) is 30.6. The predicted octanol–water partition coefficient (Wildman–Crippen LogP) is 13.3. The van der Waals surface area contributed by atoms with E-state index in [0.717, 1.165) is 18.3 Å². The third-order valence-corrected chi connectivity index (χ3v) is 10.2. The highest BCUT2D eigenvalue weighted by Gasteiger charge is 2.56.